The molecule has 4 heteroatoms. The van der Waals surface area contributed by atoms with Gasteiger partial charge in [0.2, 0.25) is 0 Å². The molecule has 1 aliphatic carbocycles. The predicted octanol–water partition coefficient (Wildman–Crippen LogP) is 1.38. The third-order valence-corrected chi connectivity index (χ3v) is 3.01. The fraction of sp³-hybridized carbons (Fsp3) is 0.818. The van der Waals surface area contributed by atoms with Gasteiger partial charge in [-0.1, -0.05) is 6.92 Å². The topological polar surface area (TPSA) is 52.6 Å². The second-order valence-corrected chi connectivity index (χ2v) is 4.25. The monoisotopic (exact) mass is 214 g/mol. The molecular formula is C11H18O4. The zero-order chi connectivity index (χ0) is 11.4. The Kier molecular flexibility index (Phi) is 4.12. The summed E-state index contributed by atoms with van der Waals surface area (Å²) in [6.45, 7) is 2.05. The lowest BCUT2D eigenvalue weighted by molar-refractivity contribution is -0.152. The molecule has 15 heavy (non-hydrogen) atoms. The van der Waals surface area contributed by atoms with Crippen LogP contribution in [0.2, 0.25) is 0 Å². The molecule has 0 saturated heterocycles. The Hall–Kier alpha value is -1.06. The van der Waals surface area contributed by atoms with Gasteiger partial charge in [-0.2, -0.15) is 0 Å². The molecule has 0 spiro atoms. The molecule has 86 valence electrons. The van der Waals surface area contributed by atoms with Crippen LogP contribution in [-0.4, -0.2) is 26.2 Å². The molecule has 2 atom stereocenters. The molecule has 0 bridgehead atoms. The highest BCUT2D eigenvalue weighted by molar-refractivity contribution is 5.76. The number of rotatable bonds is 2. The molecule has 0 aromatic heterocycles. The van der Waals surface area contributed by atoms with E-state index in [1.165, 1.54) is 14.2 Å². The minimum absolute atomic E-state index is 0.150. The van der Waals surface area contributed by atoms with Gasteiger partial charge in [0.1, 0.15) is 0 Å². The minimum Gasteiger partial charge on any atom is -0.469 e. The second kappa shape index (κ2) is 5.14. The van der Waals surface area contributed by atoms with Crippen molar-refractivity contribution in [3.63, 3.8) is 0 Å². The molecule has 0 radical (unpaired) electrons. The molecule has 4 nitrogen and oxygen atoms in total. The van der Waals surface area contributed by atoms with E-state index in [4.69, 9.17) is 9.47 Å². The van der Waals surface area contributed by atoms with E-state index in [1.807, 2.05) is 6.92 Å². The maximum absolute atomic E-state index is 11.4. The second-order valence-electron chi connectivity index (χ2n) is 4.25. The summed E-state index contributed by atoms with van der Waals surface area (Å²) in [6, 6.07) is 0. The molecule has 0 N–H and O–H groups in total. The third-order valence-electron chi connectivity index (χ3n) is 3.01. The summed E-state index contributed by atoms with van der Waals surface area (Å²) in [5.74, 6) is -0.358. The van der Waals surface area contributed by atoms with Gasteiger partial charge in [-0.3, -0.25) is 9.59 Å². The molecule has 0 amide bonds. The van der Waals surface area contributed by atoms with Gasteiger partial charge >= 0.3 is 11.9 Å². The Labute approximate surface area is 89.9 Å². The summed E-state index contributed by atoms with van der Waals surface area (Å²) >= 11 is 0. The van der Waals surface area contributed by atoms with E-state index in [1.54, 1.807) is 0 Å². The van der Waals surface area contributed by atoms with Crippen LogP contribution in [0.3, 0.4) is 0 Å². The van der Waals surface area contributed by atoms with Crippen molar-refractivity contribution in [2.75, 3.05) is 14.2 Å². The summed E-state index contributed by atoms with van der Waals surface area (Å²) in [4.78, 5) is 22.8. The van der Waals surface area contributed by atoms with Gasteiger partial charge in [0.15, 0.2) is 0 Å². The van der Waals surface area contributed by atoms with Gasteiger partial charge in [0, 0.05) is 0 Å². The van der Waals surface area contributed by atoms with Gasteiger partial charge in [-0.05, 0) is 25.2 Å². The number of methoxy groups -OCH3 is 2. The zero-order valence-electron chi connectivity index (χ0n) is 9.49. The molecule has 0 aliphatic heterocycles. The van der Waals surface area contributed by atoms with E-state index in [2.05, 4.69) is 0 Å². The summed E-state index contributed by atoms with van der Waals surface area (Å²) in [6.07, 6.45) is 2.17. The van der Waals surface area contributed by atoms with Gasteiger partial charge in [-0.25, -0.2) is 0 Å². The van der Waals surface area contributed by atoms with Crippen molar-refractivity contribution in [2.24, 2.45) is 17.8 Å². The Bertz CT molecular complexity index is 225. The number of esters is 2. The molecule has 0 aromatic carbocycles. The van der Waals surface area contributed by atoms with E-state index in [0.29, 0.717) is 12.3 Å². The van der Waals surface area contributed by atoms with Crippen molar-refractivity contribution in [2.45, 2.75) is 26.2 Å². The van der Waals surface area contributed by atoms with E-state index >= 15 is 0 Å². The van der Waals surface area contributed by atoms with Crippen LogP contribution in [0.5, 0.6) is 0 Å². The lowest BCUT2D eigenvalue weighted by Gasteiger charge is -2.30. The third kappa shape index (κ3) is 2.94. The van der Waals surface area contributed by atoms with E-state index < -0.39 is 0 Å². The van der Waals surface area contributed by atoms with Crippen molar-refractivity contribution in [3.8, 4) is 0 Å². The fourth-order valence-corrected chi connectivity index (χ4v) is 2.32. The molecule has 0 heterocycles. The largest absolute Gasteiger partial charge is 0.469 e. The Morgan fingerprint density at radius 1 is 0.933 bits per heavy atom. The number of ether oxygens (including phenoxy) is 2. The quantitative estimate of drug-likeness (QED) is 0.652. The number of carbonyl (C=O) groups is 2. The highest BCUT2D eigenvalue weighted by Crippen LogP contribution is 2.34. The molecule has 1 aliphatic rings. The molecule has 1 saturated carbocycles. The highest BCUT2D eigenvalue weighted by Gasteiger charge is 2.35. The molecular weight excluding hydrogens is 196 g/mol. The highest BCUT2D eigenvalue weighted by atomic mass is 16.5. The van der Waals surface area contributed by atoms with Crippen molar-refractivity contribution in [1.82, 2.24) is 0 Å². The van der Waals surface area contributed by atoms with Crippen LogP contribution >= 0.6 is 0 Å². The molecule has 0 aromatic rings. The predicted molar refractivity (Wildman–Crippen MR) is 54.0 cm³/mol. The maximum Gasteiger partial charge on any atom is 0.308 e. The Morgan fingerprint density at radius 2 is 1.33 bits per heavy atom. The average molecular weight is 214 g/mol. The zero-order valence-corrected chi connectivity index (χ0v) is 9.49. The van der Waals surface area contributed by atoms with Crippen LogP contribution in [0.15, 0.2) is 0 Å². The normalized spacial score (nSPS) is 30.7. The number of hydrogen-bond donors (Lipinski definition) is 0. The van der Waals surface area contributed by atoms with Crippen molar-refractivity contribution in [3.05, 3.63) is 0 Å². The van der Waals surface area contributed by atoms with Crippen LogP contribution in [0.25, 0.3) is 0 Å². The van der Waals surface area contributed by atoms with Gasteiger partial charge in [-0.15, -0.1) is 0 Å². The maximum atomic E-state index is 11.4. The first-order valence-electron chi connectivity index (χ1n) is 5.24. The fourth-order valence-electron chi connectivity index (χ4n) is 2.32. The summed E-state index contributed by atoms with van der Waals surface area (Å²) < 4.78 is 9.42. The van der Waals surface area contributed by atoms with Gasteiger partial charge < -0.3 is 9.47 Å². The SMILES string of the molecule is COC(=O)C1CC(C)CC(C(=O)OC)C1. The average Bonchev–Trinajstić information content (AvgIpc) is 2.26. The molecule has 1 rings (SSSR count). The van der Waals surface area contributed by atoms with Crippen LogP contribution < -0.4 is 0 Å². The van der Waals surface area contributed by atoms with Crippen molar-refractivity contribution >= 4 is 11.9 Å². The lowest BCUT2D eigenvalue weighted by Crippen LogP contribution is -2.32. The van der Waals surface area contributed by atoms with E-state index in [-0.39, 0.29) is 23.8 Å². The Balaban J connectivity index is 2.63. The first kappa shape index (κ1) is 12.0. The van der Waals surface area contributed by atoms with Gasteiger partial charge in [0.25, 0.3) is 0 Å². The van der Waals surface area contributed by atoms with Crippen LogP contribution in [0, 0.1) is 17.8 Å². The first-order chi connectivity index (χ1) is 7.08. The van der Waals surface area contributed by atoms with Crippen LogP contribution in [-0.2, 0) is 19.1 Å². The van der Waals surface area contributed by atoms with Crippen LogP contribution in [0.4, 0.5) is 0 Å². The first-order valence-corrected chi connectivity index (χ1v) is 5.24. The number of carbonyl (C=O) groups excluding carboxylic acids is 2. The van der Waals surface area contributed by atoms with Crippen molar-refractivity contribution in [1.29, 1.82) is 0 Å². The minimum atomic E-state index is -0.213. The molecule has 1 fully saturated rings. The Morgan fingerprint density at radius 3 is 1.67 bits per heavy atom. The summed E-state index contributed by atoms with van der Waals surface area (Å²) in [5.41, 5.74) is 0. The van der Waals surface area contributed by atoms with Crippen molar-refractivity contribution < 1.29 is 19.1 Å². The lowest BCUT2D eigenvalue weighted by atomic mass is 9.76. The standard InChI is InChI=1S/C11H18O4/c1-7-4-8(10(12)14-2)6-9(5-7)11(13)15-3/h7-9H,4-6H2,1-3H3. The van der Waals surface area contributed by atoms with Crippen LogP contribution in [0.1, 0.15) is 26.2 Å². The summed E-state index contributed by atoms with van der Waals surface area (Å²) in [5, 5.41) is 0. The van der Waals surface area contributed by atoms with Gasteiger partial charge in [0.05, 0.1) is 26.1 Å². The van der Waals surface area contributed by atoms with E-state index in [0.717, 1.165) is 12.8 Å². The number of hydrogen-bond acceptors (Lipinski definition) is 4. The van der Waals surface area contributed by atoms with E-state index in [9.17, 15) is 9.59 Å². The molecule has 2 unspecified atom stereocenters. The smallest absolute Gasteiger partial charge is 0.308 e. The summed E-state index contributed by atoms with van der Waals surface area (Å²) in [7, 11) is 2.77.